The van der Waals surface area contributed by atoms with E-state index in [1.165, 1.54) is 185 Å². The lowest BCUT2D eigenvalue weighted by molar-refractivity contribution is 0.0695. The largest absolute Gasteiger partial charge is 0.494 e. The monoisotopic (exact) mass is 1220 g/mol. The van der Waals surface area contributed by atoms with Crippen LogP contribution < -0.4 is 28.4 Å². The van der Waals surface area contributed by atoms with Gasteiger partial charge in [-0.05, 0) is 118 Å². The Morgan fingerprint density at radius 2 is 0.500 bits per heavy atom. The number of unbranched alkanes of at least 4 members (excludes halogenated alkanes) is 27. The quantitative estimate of drug-likeness (QED) is 0.0377. The molecule has 0 fully saturated rings. The van der Waals surface area contributed by atoms with Crippen LogP contribution in [0.1, 0.15) is 240 Å². The van der Waals surface area contributed by atoms with Gasteiger partial charge in [0.25, 0.3) is 0 Å². The topological polar surface area (TPSA) is 92.7 Å². The Morgan fingerprint density at radius 1 is 0.278 bits per heavy atom. The van der Waals surface area contributed by atoms with E-state index in [-0.39, 0.29) is 36.9 Å². The Morgan fingerprint density at radius 3 is 0.744 bits per heavy atom. The first-order chi connectivity index (χ1) is 44.4. The average molecular weight is 1220 g/mol. The number of aromatic carboxylic acids is 1. The molecule has 484 valence electrons. The van der Waals surface area contributed by atoms with Crippen LogP contribution in [0.3, 0.4) is 0 Å². The van der Waals surface area contributed by atoms with Gasteiger partial charge in [0.15, 0.2) is 11.5 Å². The first kappa shape index (κ1) is 70.3. The van der Waals surface area contributed by atoms with Crippen LogP contribution in [0.15, 0.2) is 158 Å². The fourth-order valence-electron chi connectivity index (χ4n) is 11.5. The van der Waals surface area contributed by atoms with E-state index in [1.807, 2.05) is 48.5 Å². The number of hydrogen-bond donors (Lipinski definition) is 1. The van der Waals surface area contributed by atoms with Gasteiger partial charge in [0.1, 0.15) is 37.1 Å². The predicted molar refractivity (Wildman–Crippen MR) is 374 cm³/mol. The third-order valence-corrected chi connectivity index (χ3v) is 17.2. The zero-order valence-electron chi connectivity index (χ0n) is 55.3. The number of benzene rings is 7. The molecular formula is C82H108O8. The molecule has 8 heteroatoms. The molecule has 0 aromatic heterocycles. The van der Waals surface area contributed by atoms with Crippen LogP contribution >= 0.6 is 0 Å². The van der Waals surface area contributed by atoms with Gasteiger partial charge < -0.3 is 33.5 Å². The summed E-state index contributed by atoms with van der Waals surface area (Å²) in [4.78, 5) is 12.7. The fourth-order valence-corrected chi connectivity index (χ4v) is 11.5. The minimum atomic E-state index is -1.10. The van der Waals surface area contributed by atoms with Gasteiger partial charge in [0, 0.05) is 0 Å². The molecule has 0 bridgehead atoms. The zero-order valence-corrected chi connectivity index (χ0v) is 55.3. The van der Waals surface area contributed by atoms with Crippen LogP contribution in [0.25, 0.3) is 33.4 Å². The number of carboxylic acids is 1. The molecule has 0 spiro atoms. The molecule has 7 aromatic carbocycles. The second-order valence-corrected chi connectivity index (χ2v) is 24.7. The fraction of sp³-hybridized carbons (Fsp3) is 0.476. The summed E-state index contributed by atoms with van der Waals surface area (Å²) in [6.07, 6.45) is 39.1. The highest BCUT2D eigenvalue weighted by atomic mass is 16.5. The van der Waals surface area contributed by atoms with Crippen LogP contribution in [0.2, 0.25) is 0 Å². The van der Waals surface area contributed by atoms with Gasteiger partial charge >= 0.3 is 5.97 Å². The molecule has 0 heterocycles. The summed E-state index contributed by atoms with van der Waals surface area (Å²) in [5.41, 5.74) is 9.31. The van der Waals surface area contributed by atoms with Gasteiger partial charge in [0.05, 0.1) is 25.4 Å². The van der Waals surface area contributed by atoms with Crippen molar-refractivity contribution in [3.05, 3.63) is 180 Å². The minimum Gasteiger partial charge on any atom is -0.494 e. The number of rotatable bonds is 49. The number of carboxylic acid groups (broad SMARTS) is 1. The first-order valence-electron chi connectivity index (χ1n) is 35.1. The van der Waals surface area contributed by atoms with Crippen LogP contribution in [-0.4, -0.2) is 30.9 Å². The summed E-state index contributed by atoms with van der Waals surface area (Å²) in [5, 5.41) is 10.4. The molecule has 0 unspecified atom stereocenters. The highest BCUT2D eigenvalue weighted by Crippen LogP contribution is 2.41. The van der Waals surface area contributed by atoms with Crippen LogP contribution in [0, 0.1) is 0 Å². The smallest absolute Gasteiger partial charge is 0.335 e. The molecule has 0 amide bonds. The SMILES string of the molecule is CCCCCCCCCCCCOc1ccc(-c2ccc(COc3cc(C(=O)O)cc(OCc4ccc(-c5ccc(OCCCCCCCCCCCC)cc5)cc4)c3OCc3ccc(-c4ccc(OCCCCCCCCCCCC)cc4)cc3)cc2)cc1. The van der Waals surface area contributed by atoms with Crippen molar-refractivity contribution in [3.63, 3.8) is 0 Å². The van der Waals surface area contributed by atoms with Gasteiger partial charge in [-0.2, -0.15) is 0 Å². The van der Waals surface area contributed by atoms with Crippen molar-refractivity contribution in [2.24, 2.45) is 0 Å². The Labute approximate surface area is 542 Å². The summed E-state index contributed by atoms with van der Waals surface area (Å²) in [6, 6.07) is 52.8. The molecule has 0 saturated carbocycles. The Hall–Kier alpha value is -7.19. The van der Waals surface area contributed by atoms with E-state index in [2.05, 4.69) is 118 Å². The van der Waals surface area contributed by atoms with Crippen molar-refractivity contribution in [1.82, 2.24) is 0 Å². The second-order valence-electron chi connectivity index (χ2n) is 24.7. The van der Waals surface area contributed by atoms with Gasteiger partial charge in [-0.1, -0.05) is 303 Å². The normalized spacial score (nSPS) is 11.2. The molecule has 7 aromatic rings. The highest BCUT2D eigenvalue weighted by molar-refractivity contribution is 5.89. The third-order valence-electron chi connectivity index (χ3n) is 17.2. The average Bonchev–Trinajstić information content (AvgIpc) is 1.24. The molecule has 0 aliphatic carbocycles. The summed E-state index contributed by atoms with van der Waals surface area (Å²) >= 11 is 0. The lowest BCUT2D eigenvalue weighted by Crippen LogP contribution is -2.07. The van der Waals surface area contributed by atoms with Crippen LogP contribution in [-0.2, 0) is 19.8 Å². The van der Waals surface area contributed by atoms with Crippen molar-refractivity contribution in [2.75, 3.05) is 19.8 Å². The summed E-state index contributed by atoms with van der Waals surface area (Å²) < 4.78 is 38.0. The van der Waals surface area contributed by atoms with E-state index in [0.717, 1.165) is 106 Å². The van der Waals surface area contributed by atoms with E-state index in [0.29, 0.717) is 5.75 Å². The van der Waals surface area contributed by atoms with E-state index in [9.17, 15) is 9.90 Å². The molecule has 1 N–H and O–H groups in total. The third kappa shape index (κ3) is 26.7. The van der Waals surface area contributed by atoms with E-state index < -0.39 is 5.97 Å². The van der Waals surface area contributed by atoms with Crippen molar-refractivity contribution >= 4 is 5.97 Å². The maximum absolute atomic E-state index is 12.7. The Bertz CT molecular complexity index is 2850. The van der Waals surface area contributed by atoms with Crippen molar-refractivity contribution in [2.45, 2.75) is 233 Å². The van der Waals surface area contributed by atoms with Crippen molar-refractivity contribution in [3.8, 4) is 67.9 Å². The molecule has 7 rings (SSSR count). The van der Waals surface area contributed by atoms with Crippen LogP contribution in [0.4, 0.5) is 0 Å². The Kier molecular flexibility index (Phi) is 33.4. The molecule has 0 aliphatic heterocycles. The van der Waals surface area contributed by atoms with E-state index in [1.54, 1.807) is 0 Å². The molecule has 90 heavy (non-hydrogen) atoms. The van der Waals surface area contributed by atoms with Gasteiger partial charge in [-0.3, -0.25) is 0 Å². The second kappa shape index (κ2) is 42.7. The Balaban J connectivity index is 0.950. The predicted octanol–water partition coefficient (Wildman–Crippen LogP) is 24.0. The van der Waals surface area contributed by atoms with Crippen LogP contribution in [0.5, 0.6) is 34.5 Å². The van der Waals surface area contributed by atoms with E-state index in [4.69, 9.17) is 28.4 Å². The number of carbonyl (C=O) groups is 1. The minimum absolute atomic E-state index is 0.0319. The van der Waals surface area contributed by atoms with Gasteiger partial charge in [0.2, 0.25) is 5.75 Å². The highest BCUT2D eigenvalue weighted by Gasteiger charge is 2.20. The molecular weight excluding hydrogens is 1110 g/mol. The molecule has 0 saturated heterocycles. The summed E-state index contributed by atoms with van der Waals surface area (Å²) in [5.74, 6) is 2.45. The standard InChI is InChI=1S/C82H108O8/c1-4-7-10-13-16-19-22-25-28-31-58-85-76-52-46-72(47-53-76)69-40-34-66(35-41-69)63-88-79-61-75(82(83)84)62-80(89-64-67-36-42-70(43-37-67)73-48-54-77(55-49-73)86-59-32-29-26-23-20-17-14-11-8-5-2)81(79)90-65-68-38-44-71(45-39-68)74-50-56-78(57-51-74)87-60-33-30-27-24-21-18-15-12-9-6-3/h34-57,61-62H,4-33,58-60,63-65H2,1-3H3,(H,83,84). The molecule has 0 atom stereocenters. The summed E-state index contributed by atoms with van der Waals surface area (Å²) in [6.45, 7) is 9.57. The lowest BCUT2D eigenvalue weighted by atomic mass is 10.0. The summed E-state index contributed by atoms with van der Waals surface area (Å²) in [7, 11) is 0. The molecule has 0 radical (unpaired) electrons. The maximum atomic E-state index is 12.7. The number of hydrogen-bond acceptors (Lipinski definition) is 7. The van der Waals surface area contributed by atoms with Crippen molar-refractivity contribution in [1.29, 1.82) is 0 Å². The molecule has 8 nitrogen and oxygen atoms in total. The van der Waals surface area contributed by atoms with Gasteiger partial charge in [-0.15, -0.1) is 0 Å². The lowest BCUT2D eigenvalue weighted by Gasteiger charge is -2.19. The van der Waals surface area contributed by atoms with Gasteiger partial charge in [-0.25, -0.2) is 4.79 Å². The maximum Gasteiger partial charge on any atom is 0.335 e. The zero-order chi connectivity index (χ0) is 62.9. The van der Waals surface area contributed by atoms with E-state index >= 15 is 0 Å². The number of ether oxygens (including phenoxy) is 6. The van der Waals surface area contributed by atoms with Crippen molar-refractivity contribution < 1.29 is 38.3 Å². The first-order valence-corrected chi connectivity index (χ1v) is 35.1. The molecule has 0 aliphatic rings.